The van der Waals surface area contributed by atoms with Crippen molar-refractivity contribution in [3.05, 3.63) is 59.2 Å². The molecule has 2 aromatic carbocycles. The highest BCUT2D eigenvalue weighted by Gasteiger charge is 2.21. The maximum atomic E-state index is 12.3. The molecule has 6 heteroatoms. The second-order valence-electron chi connectivity index (χ2n) is 7.51. The highest BCUT2D eigenvalue weighted by atomic mass is 16.5. The Morgan fingerprint density at radius 1 is 0.931 bits per heavy atom. The Hall–Kier alpha value is -3.15. The number of ether oxygens (including phenoxy) is 1. The van der Waals surface area contributed by atoms with Crippen LogP contribution in [0.4, 0.5) is 11.4 Å². The molecule has 6 nitrogen and oxygen atoms in total. The highest BCUT2D eigenvalue weighted by Crippen LogP contribution is 2.24. The summed E-state index contributed by atoms with van der Waals surface area (Å²) in [6, 6.07) is 12.7. The van der Waals surface area contributed by atoms with Gasteiger partial charge in [0.05, 0.1) is 5.56 Å². The predicted octanol–water partition coefficient (Wildman–Crippen LogP) is 3.49. The maximum Gasteiger partial charge on any atom is 0.338 e. The van der Waals surface area contributed by atoms with E-state index in [0.717, 1.165) is 37.9 Å². The molecule has 0 aromatic heterocycles. The van der Waals surface area contributed by atoms with Crippen LogP contribution < -0.4 is 10.2 Å². The highest BCUT2D eigenvalue weighted by molar-refractivity contribution is 5.97. The molecule has 150 valence electrons. The van der Waals surface area contributed by atoms with Gasteiger partial charge in [-0.05, 0) is 79.6 Å². The molecule has 0 radical (unpaired) electrons. The van der Waals surface area contributed by atoms with Crippen molar-refractivity contribution in [3.63, 3.8) is 0 Å². The smallest absolute Gasteiger partial charge is 0.338 e. The van der Waals surface area contributed by atoms with Gasteiger partial charge in [0.1, 0.15) is 0 Å². The SMILES string of the molecule is O=C(COC(=O)c1ccc2c(c1)CCCC2)Nc1ccc(N2CCCC2=O)cc1. The van der Waals surface area contributed by atoms with Crippen molar-refractivity contribution in [2.75, 3.05) is 23.4 Å². The van der Waals surface area contributed by atoms with Gasteiger partial charge in [-0.1, -0.05) is 6.07 Å². The molecule has 4 rings (SSSR count). The number of hydrogen-bond donors (Lipinski definition) is 1. The summed E-state index contributed by atoms with van der Waals surface area (Å²) in [6.07, 6.45) is 5.81. The summed E-state index contributed by atoms with van der Waals surface area (Å²) >= 11 is 0. The summed E-state index contributed by atoms with van der Waals surface area (Å²) < 4.78 is 5.17. The molecule has 2 aromatic rings. The zero-order chi connectivity index (χ0) is 20.2. The Labute approximate surface area is 169 Å². The predicted molar refractivity (Wildman–Crippen MR) is 110 cm³/mol. The third kappa shape index (κ3) is 4.47. The van der Waals surface area contributed by atoms with Gasteiger partial charge in [-0.15, -0.1) is 0 Å². The van der Waals surface area contributed by atoms with E-state index in [2.05, 4.69) is 5.32 Å². The number of esters is 1. The second-order valence-corrected chi connectivity index (χ2v) is 7.51. The Morgan fingerprint density at radius 2 is 1.69 bits per heavy atom. The van der Waals surface area contributed by atoms with E-state index >= 15 is 0 Å². The van der Waals surface area contributed by atoms with Gasteiger partial charge < -0.3 is 15.0 Å². The summed E-state index contributed by atoms with van der Waals surface area (Å²) in [7, 11) is 0. The third-order valence-electron chi connectivity index (χ3n) is 5.45. The van der Waals surface area contributed by atoms with Crippen molar-refractivity contribution in [1.82, 2.24) is 0 Å². The third-order valence-corrected chi connectivity index (χ3v) is 5.45. The lowest BCUT2D eigenvalue weighted by Gasteiger charge is -2.16. The lowest BCUT2D eigenvalue weighted by Crippen LogP contribution is -2.24. The van der Waals surface area contributed by atoms with Crippen molar-refractivity contribution >= 4 is 29.2 Å². The minimum absolute atomic E-state index is 0.121. The van der Waals surface area contributed by atoms with Crippen LogP contribution >= 0.6 is 0 Å². The number of fused-ring (bicyclic) bond motifs is 1. The number of amides is 2. The molecule has 1 aliphatic carbocycles. The average molecular weight is 392 g/mol. The Bertz CT molecular complexity index is 936. The summed E-state index contributed by atoms with van der Waals surface area (Å²) in [4.78, 5) is 37.9. The normalized spacial score (nSPS) is 15.7. The molecule has 0 bridgehead atoms. The molecule has 29 heavy (non-hydrogen) atoms. The number of carbonyl (C=O) groups excluding carboxylic acids is 3. The second kappa shape index (κ2) is 8.47. The first kappa shape index (κ1) is 19.2. The number of benzene rings is 2. The van der Waals surface area contributed by atoms with E-state index < -0.39 is 11.9 Å². The summed E-state index contributed by atoms with van der Waals surface area (Å²) in [6.45, 7) is 0.380. The van der Waals surface area contributed by atoms with E-state index in [9.17, 15) is 14.4 Å². The largest absolute Gasteiger partial charge is 0.452 e. The van der Waals surface area contributed by atoms with Crippen LogP contribution in [0.25, 0.3) is 0 Å². The molecule has 2 aliphatic rings. The van der Waals surface area contributed by atoms with Crippen LogP contribution in [-0.2, 0) is 27.2 Å². The first-order chi connectivity index (χ1) is 14.1. The molecule has 1 N–H and O–H groups in total. The Kier molecular flexibility index (Phi) is 5.60. The van der Waals surface area contributed by atoms with Crippen LogP contribution in [0.2, 0.25) is 0 Å². The number of nitrogens with one attached hydrogen (secondary N) is 1. The van der Waals surface area contributed by atoms with E-state index in [1.807, 2.05) is 12.1 Å². The van der Waals surface area contributed by atoms with Gasteiger partial charge in [0.2, 0.25) is 5.91 Å². The molecular formula is C23H24N2O4. The Balaban J connectivity index is 1.29. The average Bonchev–Trinajstić information content (AvgIpc) is 3.18. The molecule has 0 spiro atoms. The van der Waals surface area contributed by atoms with Crippen molar-refractivity contribution in [2.45, 2.75) is 38.5 Å². The van der Waals surface area contributed by atoms with Crippen molar-refractivity contribution < 1.29 is 19.1 Å². The molecule has 1 saturated heterocycles. The van der Waals surface area contributed by atoms with Gasteiger partial charge in [0.15, 0.2) is 6.61 Å². The molecule has 1 aliphatic heterocycles. The van der Waals surface area contributed by atoms with Crippen LogP contribution in [-0.4, -0.2) is 30.9 Å². The van der Waals surface area contributed by atoms with Gasteiger partial charge >= 0.3 is 5.97 Å². The van der Waals surface area contributed by atoms with Gasteiger partial charge in [0, 0.05) is 24.3 Å². The van der Waals surface area contributed by atoms with Crippen molar-refractivity contribution in [3.8, 4) is 0 Å². The van der Waals surface area contributed by atoms with E-state index in [0.29, 0.717) is 17.7 Å². The zero-order valence-electron chi connectivity index (χ0n) is 16.3. The lowest BCUT2D eigenvalue weighted by atomic mass is 9.90. The van der Waals surface area contributed by atoms with Gasteiger partial charge in [-0.3, -0.25) is 9.59 Å². The van der Waals surface area contributed by atoms with E-state index in [4.69, 9.17) is 4.74 Å². The Morgan fingerprint density at radius 3 is 2.41 bits per heavy atom. The number of aryl methyl sites for hydroxylation is 2. The van der Waals surface area contributed by atoms with Crippen LogP contribution in [0.3, 0.4) is 0 Å². The lowest BCUT2D eigenvalue weighted by molar-refractivity contribution is -0.119. The molecule has 1 heterocycles. The van der Waals surface area contributed by atoms with Gasteiger partial charge in [0.25, 0.3) is 5.91 Å². The molecule has 0 unspecified atom stereocenters. The number of anilines is 2. The molecular weight excluding hydrogens is 368 g/mol. The quantitative estimate of drug-likeness (QED) is 0.791. The van der Waals surface area contributed by atoms with E-state index in [1.54, 1.807) is 35.2 Å². The number of hydrogen-bond acceptors (Lipinski definition) is 4. The van der Waals surface area contributed by atoms with Crippen LogP contribution in [0, 0.1) is 0 Å². The first-order valence-corrected chi connectivity index (χ1v) is 10.1. The number of nitrogens with zero attached hydrogens (tertiary/aromatic N) is 1. The first-order valence-electron chi connectivity index (χ1n) is 10.1. The number of carbonyl (C=O) groups is 3. The molecule has 1 fully saturated rings. The van der Waals surface area contributed by atoms with Crippen LogP contribution in [0.1, 0.15) is 47.2 Å². The number of rotatable bonds is 5. The standard InChI is InChI=1S/C23H24N2O4/c26-21(24-19-9-11-20(12-10-19)25-13-3-6-22(25)27)15-29-23(28)18-8-7-16-4-1-2-5-17(16)14-18/h7-12,14H,1-6,13,15H2,(H,24,26). The fourth-order valence-corrected chi connectivity index (χ4v) is 3.92. The molecule has 0 atom stereocenters. The van der Waals surface area contributed by atoms with Gasteiger partial charge in [-0.25, -0.2) is 4.79 Å². The van der Waals surface area contributed by atoms with Crippen molar-refractivity contribution in [1.29, 1.82) is 0 Å². The topological polar surface area (TPSA) is 75.7 Å². The zero-order valence-corrected chi connectivity index (χ0v) is 16.3. The molecule has 0 saturated carbocycles. The summed E-state index contributed by atoms with van der Waals surface area (Å²) in [5.41, 5.74) is 4.40. The fraction of sp³-hybridized carbons (Fsp3) is 0.348. The fourth-order valence-electron chi connectivity index (χ4n) is 3.92. The van der Waals surface area contributed by atoms with Crippen LogP contribution in [0.5, 0.6) is 0 Å². The maximum absolute atomic E-state index is 12.3. The van der Waals surface area contributed by atoms with Gasteiger partial charge in [-0.2, -0.15) is 0 Å². The van der Waals surface area contributed by atoms with E-state index in [-0.39, 0.29) is 12.5 Å². The monoisotopic (exact) mass is 392 g/mol. The molecule has 2 amide bonds. The summed E-state index contributed by atoms with van der Waals surface area (Å²) in [5.74, 6) is -0.770. The van der Waals surface area contributed by atoms with Crippen LogP contribution in [0.15, 0.2) is 42.5 Å². The summed E-state index contributed by atoms with van der Waals surface area (Å²) in [5, 5.41) is 2.71. The van der Waals surface area contributed by atoms with E-state index in [1.165, 1.54) is 17.5 Å². The minimum atomic E-state index is -0.489. The van der Waals surface area contributed by atoms with Crippen molar-refractivity contribution in [2.24, 2.45) is 0 Å². The minimum Gasteiger partial charge on any atom is -0.452 e.